The van der Waals surface area contributed by atoms with Crippen LogP contribution >= 0.6 is 11.6 Å². The summed E-state index contributed by atoms with van der Waals surface area (Å²) >= 11 is 6.06. The summed E-state index contributed by atoms with van der Waals surface area (Å²) in [5.74, 6) is 1.29. The molecule has 1 atom stereocenters. The number of alkyl halides is 1. The Labute approximate surface area is 111 Å². The summed E-state index contributed by atoms with van der Waals surface area (Å²) in [4.78, 5) is 0. The molecule has 0 nitrogen and oxygen atoms in total. The zero-order valence-electron chi connectivity index (χ0n) is 11.0. The molecule has 0 saturated heterocycles. The fourth-order valence-corrected chi connectivity index (χ4v) is 2.56. The molecule has 1 aromatic carbocycles. The molecule has 0 radical (unpaired) electrons. The normalized spacial score (nSPS) is 12.6. The molecular formula is C16H25Cl. The molecule has 0 aliphatic heterocycles. The van der Waals surface area contributed by atoms with Crippen molar-refractivity contribution in [2.24, 2.45) is 0 Å². The number of unbranched alkanes of at least 4 members (excludes halogenated alkanes) is 5. The van der Waals surface area contributed by atoms with Gasteiger partial charge in [0, 0.05) is 5.88 Å². The Bertz CT molecular complexity index is 268. The lowest BCUT2D eigenvalue weighted by Gasteiger charge is -2.13. The summed E-state index contributed by atoms with van der Waals surface area (Å²) in [5, 5.41) is 0. The van der Waals surface area contributed by atoms with Crippen molar-refractivity contribution in [2.45, 2.75) is 57.8 Å². The molecule has 0 amide bonds. The van der Waals surface area contributed by atoms with Gasteiger partial charge in [0.2, 0.25) is 0 Å². The first kappa shape index (κ1) is 14.6. The van der Waals surface area contributed by atoms with E-state index in [0.717, 1.165) is 5.88 Å². The number of hydrogen-bond donors (Lipinski definition) is 0. The van der Waals surface area contributed by atoms with E-state index in [4.69, 9.17) is 11.6 Å². The van der Waals surface area contributed by atoms with Crippen LogP contribution in [0.2, 0.25) is 0 Å². The molecule has 96 valence electrons. The molecule has 0 aliphatic rings. The Morgan fingerprint density at radius 2 is 1.59 bits per heavy atom. The Morgan fingerprint density at radius 1 is 0.941 bits per heavy atom. The zero-order chi connectivity index (χ0) is 12.3. The van der Waals surface area contributed by atoms with Crippen LogP contribution in [-0.4, -0.2) is 5.88 Å². The van der Waals surface area contributed by atoms with Crippen LogP contribution in [0.25, 0.3) is 0 Å². The largest absolute Gasteiger partial charge is 0.126 e. The first-order valence-electron chi connectivity index (χ1n) is 6.99. The summed E-state index contributed by atoms with van der Waals surface area (Å²) in [6.45, 7) is 2.26. The minimum Gasteiger partial charge on any atom is -0.126 e. The summed E-state index contributed by atoms with van der Waals surface area (Å²) < 4.78 is 0. The standard InChI is InChI=1S/C16H25Cl/c1-2-3-4-5-6-8-13-16(14-17)15-11-9-7-10-12-15/h7,9-12,16H,2-6,8,13-14H2,1H3. The number of rotatable bonds is 9. The van der Waals surface area contributed by atoms with Gasteiger partial charge in [-0.3, -0.25) is 0 Å². The van der Waals surface area contributed by atoms with E-state index in [9.17, 15) is 0 Å². The topological polar surface area (TPSA) is 0 Å². The minimum absolute atomic E-state index is 0.545. The van der Waals surface area contributed by atoms with Gasteiger partial charge >= 0.3 is 0 Å². The molecule has 1 heteroatoms. The van der Waals surface area contributed by atoms with E-state index in [2.05, 4.69) is 37.3 Å². The van der Waals surface area contributed by atoms with E-state index in [1.54, 1.807) is 0 Å². The summed E-state index contributed by atoms with van der Waals surface area (Å²) in [7, 11) is 0. The highest BCUT2D eigenvalue weighted by atomic mass is 35.5. The van der Waals surface area contributed by atoms with E-state index in [0.29, 0.717) is 5.92 Å². The van der Waals surface area contributed by atoms with E-state index >= 15 is 0 Å². The molecule has 0 heterocycles. The van der Waals surface area contributed by atoms with E-state index in [1.165, 1.54) is 50.5 Å². The second kappa shape index (κ2) is 9.53. The van der Waals surface area contributed by atoms with E-state index in [-0.39, 0.29) is 0 Å². The van der Waals surface area contributed by atoms with Crippen molar-refractivity contribution in [3.8, 4) is 0 Å². The van der Waals surface area contributed by atoms with Crippen LogP contribution in [0.4, 0.5) is 0 Å². The van der Waals surface area contributed by atoms with Gasteiger partial charge in [0.25, 0.3) is 0 Å². The third-order valence-electron chi connectivity index (χ3n) is 3.36. The maximum atomic E-state index is 6.06. The summed E-state index contributed by atoms with van der Waals surface area (Å²) in [6.07, 6.45) is 9.41. The van der Waals surface area contributed by atoms with Crippen molar-refractivity contribution in [2.75, 3.05) is 5.88 Å². The van der Waals surface area contributed by atoms with Crippen molar-refractivity contribution < 1.29 is 0 Å². The Balaban J connectivity index is 2.20. The number of hydrogen-bond acceptors (Lipinski definition) is 0. The van der Waals surface area contributed by atoms with Crippen molar-refractivity contribution in [3.63, 3.8) is 0 Å². The molecule has 0 saturated carbocycles. The molecule has 0 fully saturated rings. The predicted octanol–water partition coefficient (Wildman–Crippen LogP) is 5.76. The fraction of sp³-hybridized carbons (Fsp3) is 0.625. The van der Waals surface area contributed by atoms with Crippen LogP contribution in [0.15, 0.2) is 30.3 Å². The quantitative estimate of drug-likeness (QED) is 0.387. The van der Waals surface area contributed by atoms with E-state index in [1.807, 2.05) is 0 Å². The lowest BCUT2D eigenvalue weighted by atomic mass is 9.94. The van der Waals surface area contributed by atoms with Crippen molar-refractivity contribution >= 4 is 11.6 Å². The lowest BCUT2D eigenvalue weighted by Crippen LogP contribution is -2.00. The Kier molecular flexibility index (Phi) is 8.17. The van der Waals surface area contributed by atoms with Gasteiger partial charge in [-0.05, 0) is 17.9 Å². The maximum Gasteiger partial charge on any atom is 0.0292 e. The number of halogens is 1. The van der Waals surface area contributed by atoms with Gasteiger partial charge in [0.05, 0.1) is 0 Å². The van der Waals surface area contributed by atoms with Gasteiger partial charge in [0.1, 0.15) is 0 Å². The van der Waals surface area contributed by atoms with Crippen LogP contribution in [0.5, 0.6) is 0 Å². The number of benzene rings is 1. The first-order valence-corrected chi connectivity index (χ1v) is 7.52. The lowest BCUT2D eigenvalue weighted by molar-refractivity contribution is 0.559. The molecule has 0 aromatic heterocycles. The highest BCUT2D eigenvalue weighted by Gasteiger charge is 2.08. The molecule has 1 rings (SSSR count). The molecule has 0 aliphatic carbocycles. The van der Waals surface area contributed by atoms with Gasteiger partial charge in [-0.15, -0.1) is 11.6 Å². The summed E-state index contributed by atoms with van der Waals surface area (Å²) in [6, 6.07) is 10.7. The van der Waals surface area contributed by atoms with Crippen molar-refractivity contribution in [1.82, 2.24) is 0 Å². The maximum absolute atomic E-state index is 6.06. The zero-order valence-corrected chi connectivity index (χ0v) is 11.8. The third-order valence-corrected chi connectivity index (χ3v) is 3.74. The van der Waals surface area contributed by atoms with Crippen LogP contribution in [0.1, 0.15) is 63.4 Å². The van der Waals surface area contributed by atoms with Gasteiger partial charge < -0.3 is 0 Å². The fourth-order valence-electron chi connectivity index (χ4n) is 2.23. The van der Waals surface area contributed by atoms with Crippen molar-refractivity contribution in [3.05, 3.63) is 35.9 Å². The second-order valence-electron chi connectivity index (χ2n) is 4.82. The molecule has 1 unspecified atom stereocenters. The van der Waals surface area contributed by atoms with Crippen LogP contribution in [0.3, 0.4) is 0 Å². The Morgan fingerprint density at radius 3 is 2.24 bits per heavy atom. The smallest absolute Gasteiger partial charge is 0.0292 e. The van der Waals surface area contributed by atoms with Crippen LogP contribution < -0.4 is 0 Å². The van der Waals surface area contributed by atoms with Crippen LogP contribution in [-0.2, 0) is 0 Å². The average molecular weight is 253 g/mol. The summed E-state index contributed by atoms with van der Waals surface area (Å²) in [5.41, 5.74) is 1.40. The van der Waals surface area contributed by atoms with Gasteiger partial charge in [-0.1, -0.05) is 75.8 Å². The van der Waals surface area contributed by atoms with Gasteiger partial charge in [-0.2, -0.15) is 0 Å². The van der Waals surface area contributed by atoms with Gasteiger partial charge in [0.15, 0.2) is 0 Å². The second-order valence-corrected chi connectivity index (χ2v) is 5.13. The monoisotopic (exact) mass is 252 g/mol. The van der Waals surface area contributed by atoms with Crippen molar-refractivity contribution in [1.29, 1.82) is 0 Å². The minimum atomic E-state index is 0.545. The first-order chi connectivity index (χ1) is 8.38. The SMILES string of the molecule is CCCCCCCCC(CCl)c1ccccc1. The molecule has 17 heavy (non-hydrogen) atoms. The molecule has 0 bridgehead atoms. The molecule has 0 spiro atoms. The highest BCUT2D eigenvalue weighted by Crippen LogP contribution is 2.23. The molecular weight excluding hydrogens is 228 g/mol. The molecule has 0 N–H and O–H groups in total. The predicted molar refractivity (Wildman–Crippen MR) is 77.9 cm³/mol. The van der Waals surface area contributed by atoms with E-state index < -0.39 is 0 Å². The highest BCUT2D eigenvalue weighted by molar-refractivity contribution is 6.18. The third kappa shape index (κ3) is 6.12. The van der Waals surface area contributed by atoms with Gasteiger partial charge in [-0.25, -0.2) is 0 Å². The average Bonchev–Trinajstić information content (AvgIpc) is 2.39. The molecule has 1 aromatic rings. The van der Waals surface area contributed by atoms with Crippen LogP contribution in [0, 0.1) is 0 Å². The Hall–Kier alpha value is -0.490.